The number of halogens is 1. The molecule has 0 spiro atoms. The molecule has 4 heteroatoms. The summed E-state index contributed by atoms with van der Waals surface area (Å²) in [5.74, 6) is 0. The summed E-state index contributed by atoms with van der Waals surface area (Å²) in [6.45, 7) is 0. The third kappa shape index (κ3) is 1.85. The Labute approximate surface area is 64.4 Å². The number of nitroso groups, excluding NO2 is 1. The summed E-state index contributed by atoms with van der Waals surface area (Å²) in [7, 11) is 1.23. The number of hydrogen-bond acceptors (Lipinski definition) is 2. The Morgan fingerprint density at radius 3 is 2.40 bits per heavy atom. The van der Waals surface area contributed by atoms with E-state index in [1.807, 2.05) is 0 Å². The second-order valence-corrected chi connectivity index (χ2v) is 2.22. The Bertz CT molecular complexity index is 224. The molecule has 0 atom stereocenters. The van der Waals surface area contributed by atoms with E-state index in [9.17, 15) is 4.91 Å². The second kappa shape index (κ2) is 3.37. The van der Waals surface area contributed by atoms with Crippen LogP contribution in [0.4, 0.5) is 0 Å². The van der Waals surface area contributed by atoms with Crippen LogP contribution in [0.3, 0.4) is 0 Å². The van der Waals surface area contributed by atoms with Crippen LogP contribution >= 0.6 is 11.6 Å². The van der Waals surface area contributed by atoms with E-state index in [2.05, 4.69) is 5.09 Å². The largest absolute Gasteiger partial charge is 0.374 e. The lowest BCUT2D eigenvalue weighted by atomic mass is 9.85. The molecule has 1 aromatic rings. The first-order valence-corrected chi connectivity index (χ1v) is 3.12. The van der Waals surface area contributed by atoms with Gasteiger partial charge in [0.15, 0.2) is 0 Å². The van der Waals surface area contributed by atoms with Crippen molar-refractivity contribution in [2.24, 2.45) is 5.09 Å². The molecule has 0 heterocycles. The van der Waals surface area contributed by atoms with Gasteiger partial charge in [-0.1, -0.05) is 29.2 Å². The van der Waals surface area contributed by atoms with Gasteiger partial charge in [0.1, 0.15) is 0 Å². The van der Waals surface area contributed by atoms with Crippen molar-refractivity contribution >= 4 is 24.5 Å². The summed E-state index contributed by atoms with van der Waals surface area (Å²) >= 11 is 5.59. The monoisotopic (exact) mass is 152 g/mol. The zero-order valence-corrected chi connectivity index (χ0v) is 5.88. The average molecular weight is 152 g/mol. The Kier molecular flexibility index (Phi) is 2.45. The normalized spacial score (nSPS) is 8.90. The molecule has 0 aliphatic carbocycles. The van der Waals surface area contributed by atoms with Crippen LogP contribution in [-0.2, 0) is 0 Å². The molecule has 0 aliphatic heterocycles. The lowest BCUT2D eigenvalue weighted by Crippen LogP contribution is -2.09. The molecule has 0 N–H and O–H groups in total. The van der Waals surface area contributed by atoms with Crippen molar-refractivity contribution in [1.29, 1.82) is 0 Å². The zero-order chi connectivity index (χ0) is 7.40. The number of benzene rings is 1. The van der Waals surface area contributed by atoms with Gasteiger partial charge in [-0.25, -0.2) is 0 Å². The van der Waals surface area contributed by atoms with Gasteiger partial charge in [-0.05, 0) is 12.1 Å². The van der Waals surface area contributed by atoms with E-state index in [4.69, 9.17) is 11.6 Å². The predicted octanol–water partition coefficient (Wildman–Crippen LogP) is 1.35. The second-order valence-electron chi connectivity index (χ2n) is 1.79. The summed E-state index contributed by atoms with van der Waals surface area (Å²) < 4.78 is 0. The van der Waals surface area contributed by atoms with Crippen molar-refractivity contribution in [1.82, 2.24) is 0 Å². The molecule has 0 unspecified atom stereocenters. The fourth-order valence-electron chi connectivity index (χ4n) is 0.610. The maximum atomic E-state index is 9.72. The minimum absolute atomic E-state index is 0.656. The highest BCUT2D eigenvalue weighted by Crippen LogP contribution is 2.02. The van der Waals surface area contributed by atoms with Gasteiger partial charge < -0.3 is 0 Å². The number of hydrogen-bond donors (Lipinski definition) is 0. The third-order valence-corrected chi connectivity index (χ3v) is 1.32. The number of nitrogens with zero attached hydrogens (tertiary/aromatic N) is 1. The Morgan fingerprint density at radius 2 is 1.90 bits per heavy atom. The molecule has 0 saturated carbocycles. The van der Waals surface area contributed by atoms with Crippen molar-refractivity contribution in [2.45, 2.75) is 0 Å². The van der Waals surface area contributed by atoms with Gasteiger partial charge in [0.2, 0.25) is 0 Å². The predicted molar refractivity (Wildman–Crippen MR) is 42.6 cm³/mol. The summed E-state index contributed by atoms with van der Waals surface area (Å²) in [5.41, 5.74) is 0.763. The first kappa shape index (κ1) is 7.28. The molecule has 1 radical (unpaired) electrons. The van der Waals surface area contributed by atoms with E-state index >= 15 is 0 Å². The molecule has 49 valence electrons. The van der Waals surface area contributed by atoms with E-state index in [-0.39, 0.29) is 0 Å². The summed E-state index contributed by atoms with van der Waals surface area (Å²) in [6, 6.07) is 6.87. The molecule has 0 bridgehead atoms. The summed E-state index contributed by atoms with van der Waals surface area (Å²) in [4.78, 5) is 9.72. The maximum Gasteiger partial charge on any atom is 0.374 e. The van der Waals surface area contributed by atoms with Gasteiger partial charge >= 0.3 is 7.41 Å². The van der Waals surface area contributed by atoms with Gasteiger partial charge in [0, 0.05) is 5.02 Å². The van der Waals surface area contributed by atoms with Gasteiger partial charge in [0.25, 0.3) is 0 Å². The van der Waals surface area contributed by atoms with E-state index in [1.165, 1.54) is 7.41 Å². The molecule has 0 aromatic heterocycles. The summed E-state index contributed by atoms with van der Waals surface area (Å²) in [6.07, 6.45) is 0. The SMILES string of the molecule is O=N[B]c1ccc(Cl)cc1. The molecule has 0 aliphatic rings. The van der Waals surface area contributed by atoms with Gasteiger partial charge in [0.05, 0.1) is 0 Å². The van der Waals surface area contributed by atoms with Crippen LogP contribution < -0.4 is 5.46 Å². The fourth-order valence-corrected chi connectivity index (χ4v) is 0.736. The van der Waals surface area contributed by atoms with Gasteiger partial charge in [-0.3, -0.25) is 0 Å². The maximum absolute atomic E-state index is 9.72. The highest BCUT2D eigenvalue weighted by Gasteiger charge is 1.94. The molecule has 0 saturated heterocycles. The molecule has 10 heavy (non-hydrogen) atoms. The highest BCUT2D eigenvalue weighted by atomic mass is 35.5. The van der Waals surface area contributed by atoms with E-state index < -0.39 is 0 Å². The van der Waals surface area contributed by atoms with Crippen LogP contribution in [0.1, 0.15) is 0 Å². The van der Waals surface area contributed by atoms with Crippen molar-refractivity contribution < 1.29 is 0 Å². The quantitative estimate of drug-likeness (QED) is 0.465. The first-order valence-electron chi connectivity index (χ1n) is 2.74. The third-order valence-electron chi connectivity index (χ3n) is 1.07. The van der Waals surface area contributed by atoms with E-state index in [1.54, 1.807) is 24.3 Å². The molecular formula is C6H4BClNO. The van der Waals surface area contributed by atoms with Gasteiger partial charge in [-0.2, -0.15) is 4.91 Å². The fraction of sp³-hybridized carbons (Fsp3) is 0. The van der Waals surface area contributed by atoms with Crippen LogP contribution in [0.15, 0.2) is 29.4 Å². The molecule has 0 fully saturated rings. The van der Waals surface area contributed by atoms with Crippen molar-refractivity contribution in [3.63, 3.8) is 0 Å². The minimum Gasteiger partial charge on any atom is -0.168 e. The molecule has 1 rings (SSSR count). The smallest absolute Gasteiger partial charge is 0.168 e. The van der Waals surface area contributed by atoms with Crippen LogP contribution in [-0.4, -0.2) is 7.41 Å². The molecule has 0 amide bonds. The van der Waals surface area contributed by atoms with Crippen molar-refractivity contribution in [3.8, 4) is 0 Å². The topological polar surface area (TPSA) is 29.4 Å². The lowest BCUT2D eigenvalue weighted by Gasteiger charge is -1.90. The van der Waals surface area contributed by atoms with Crippen LogP contribution in [0, 0.1) is 4.91 Å². The molecular weight excluding hydrogens is 148 g/mol. The average Bonchev–Trinajstić information content (AvgIpc) is 1.95. The van der Waals surface area contributed by atoms with Crippen LogP contribution in [0.25, 0.3) is 0 Å². The zero-order valence-electron chi connectivity index (χ0n) is 5.12. The Morgan fingerprint density at radius 1 is 1.30 bits per heavy atom. The number of rotatable bonds is 2. The van der Waals surface area contributed by atoms with E-state index in [0.29, 0.717) is 5.02 Å². The Balaban J connectivity index is 2.78. The summed E-state index contributed by atoms with van der Waals surface area (Å²) in [5, 5.41) is 3.27. The van der Waals surface area contributed by atoms with E-state index in [0.717, 1.165) is 5.46 Å². The van der Waals surface area contributed by atoms with Crippen LogP contribution in [0.5, 0.6) is 0 Å². The standard InChI is InChI=1S/C6H4BClNO/c8-6-3-1-5(2-4-6)7-9-10/h1-4H. The Hall–Kier alpha value is -0.825. The molecule has 2 nitrogen and oxygen atoms in total. The van der Waals surface area contributed by atoms with Crippen molar-refractivity contribution in [2.75, 3.05) is 0 Å². The van der Waals surface area contributed by atoms with Crippen LogP contribution in [0.2, 0.25) is 5.02 Å². The molecule has 1 aromatic carbocycles. The first-order chi connectivity index (χ1) is 4.83. The van der Waals surface area contributed by atoms with Gasteiger partial charge in [-0.15, -0.1) is 5.09 Å². The highest BCUT2D eigenvalue weighted by molar-refractivity contribution is 6.51. The minimum atomic E-state index is 0.656. The van der Waals surface area contributed by atoms with Crippen molar-refractivity contribution in [3.05, 3.63) is 34.2 Å². The lowest BCUT2D eigenvalue weighted by molar-refractivity contribution is 1.72.